The fourth-order valence-corrected chi connectivity index (χ4v) is 3.02. The topological polar surface area (TPSA) is 83.8 Å². The van der Waals surface area contributed by atoms with Gasteiger partial charge in [0.25, 0.3) is 0 Å². The maximum absolute atomic E-state index is 12.2. The first-order chi connectivity index (χ1) is 12.2. The van der Waals surface area contributed by atoms with Gasteiger partial charge in [-0.05, 0) is 31.0 Å². The minimum atomic E-state index is -0.305. The zero-order chi connectivity index (χ0) is 17.6. The fraction of sp³-hybridized carbons (Fsp3) is 0.278. The van der Waals surface area contributed by atoms with Crippen LogP contribution in [0.5, 0.6) is 0 Å². The Kier molecular flexibility index (Phi) is 5.55. The standard InChI is InChI=1S/C18H20N4O2S/c1-3-13-6-8-14(9-7-13)16-20-18(22-21-16)25-12(2)17(23)19-11-15-5-4-10-24-15/h4-10,12H,3,11H2,1-2H3,(H,19,23)(H,20,21,22)/t12-/m0/s1. The Morgan fingerprint density at radius 1 is 1.32 bits per heavy atom. The van der Waals surface area contributed by atoms with E-state index in [1.807, 2.05) is 25.1 Å². The zero-order valence-corrected chi connectivity index (χ0v) is 15.0. The largest absolute Gasteiger partial charge is 0.467 e. The Morgan fingerprint density at radius 2 is 2.12 bits per heavy atom. The van der Waals surface area contributed by atoms with Crippen molar-refractivity contribution in [1.29, 1.82) is 0 Å². The number of carbonyl (C=O) groups excluding carboxylic acids is 1. The molecule has 1 amide bonds. The molecule has 0 saturated heterocycles. The van der Waals surface area contributed by atoms with Crippen LogP contribution in [0.25, 0.3) is 11.4 Å². The number of nitrogens with zero attached hydrogens (tertiary/aromatic N) is 2. The molecule has 3 rings (SSSR count). The predicted octanol–water partition coefficient (Wildman–Crippen LogP) is 3.42. The Hall–Kier alpha value is -2.54. The van der Waals surface area contributed by atoms with Crippen LogP contribution in [0, 0.1) is 0 Å². The summed E-state index contributed by atoms with van der Waals surface area (Å²) in [6.07, 6.45) is 2.59. The average Bonchev–Trinajstić information content (AvgIpc) is 3.31. The van der Waals surface area contributed by atoms with Gasteiger partial charge in [0.15, 0.2) is 5.82 Å². The highest BCUT2D eigenvalue weighted by Gasteiger charge is 2.17. The summed E-state index contributed by atoms with van der Waals surface area (Å²) in [6.45, 7) is 4.32. The molecule has 0 unspecified atom stereocenters. The number of benzene rings is 1. The Labute approximate surface area is 150 Å². The molecule has 7 heteroatoms. The molecule has 1 aromatic carbocycles. The molecular formula is C18H20N4O2S. The van der Waals surface area contributed by atoms with E-state index in [0.29, 0.717) is 17.5 Å². The number of hydrogen-bond donors (Lipinski definition) is 2. The van der Waals surface area contributed by atoms with Crippen LogP contribution in [-0.2, 0) is 17.8 Å². The van der Waals surface area contributed by atoms with Gasteiger partial charge in [-0.25, -0.2) is 4.98 Å². The summed E-state index contributed by atoms with van der Waals surface area (Å²) >= 11 is 1.32. The van der Waals surface area contributed by atoms with E-state index < -0.39 is 0 Å². The van der Waals surface area contributed by atoms with Crippen molar-refractivity contribution in [2.24, 2.45) is 0 Å². The number of hydrogen-bond acceptors (Lipinski definition) is 5. The van der Waals surface area contributed by atoms with Crippen LogP contribution in [0.15, 0.2) is 52.2 Å². The lowest BCUT2D eigenvalue weighted by Crippen LogP contribution is -2.30. The highest BCUT2D eigenvalue weighted by atomic mass is 32.2. The van der Waals surface area contributed by atoms with Crippen molar-refractivity contribution >= 4 is 17.7 Å². The molecule has 25 heavy (non-hydrogen) atoms. The van der Waals surface area contributed by atoms with Crippen molar-refractivity contribution in [3.05, 3.63) is 54.0 Å². The van der Waals surface area contributed by atoms with Gasteiger partial charge in [-0.2, -0.15) is 0 Å². The van der Waals surface area contributed by atoms with Gasteiger partial charge >= 0.3 is 0 Å². The average molecular weight is 356 g/mol. The first-order valence-electron chi connectivity index (χ1n) is 8.14. The van der Waals surface area contributed by atoms with Crippen molar-refractivity contribution in [2.45, 2.75) is 37.2 Å². The number of nitrogens with one attached hydrogen (secondary N) is 2. The highest BCUT2D eigenvalue weighted by Crippen LogP contribution is 2.23. The summed E-state index contributed by atoms with van der Waals surface area (Å²) < 4.78 is 5.20. The Balaban J connectivity index is 1.57. The zero-order valence-electron chi connectivity index (χ0n) is 14.2. The SMILES string of the molecule is CCc1ccc(-c2nc(S[C@@H](C)C(=O)NCc3ccco3)n[nH]2)cc1. The summed E-state index contributed by atoms with van der Waals surface area (Å²) in [5, 5.41) is 10.2. The monoisotopic (exact) mass is 356 g/mol. The van der Waals surface area contributed by atoms with Gasteiger partial charge in [0, 0.05) is 5.56 Å². The number of aryl methyl sites for hydroxylation is 1. The molecule has 0 saturated carbocycles. The number of H-pyrrole nitrogens is 1. The number of furan rings is 1. The lowest BCUT2D eigenvalue weighted by atomic mass is 10.1. The minimum absolute atomic E-state index is 0.0833. The highest BCUT2D eigenvalue weighted by molar-refractivity contribution is 8.00. The molecular weight excluding hydrogens is 336 g/mol. The van der Waals surface area contributed by atoms with E-state index >= 15 is 0 Å². The summed E-state index contributed by atoms with van der Waals surface area (Å²) in [4.78, 5) is 16.6. The Bertz CT molecular complexity index is 812. The quantitative estimate of drug-likeness (QED) is 0.634. The molecule has 0 spiro atoms. The van der Waals surface area contributed by atoms with Crippen LogP contribution in [0.3, 0.4) is 0 Å². The lowest BCUT2D eigenvalue weighted by Gasteiger charge is -2.08. The van der Waals surface area contributed by atoms with Gasteiger partial charge in [0.05, 0.1) is 18.1 Å². The maximum Gasteiger partial charge on any atom is 0.233 e. The second kappa shape index (κ2) is 8.02. The molecule has 130 valence electrons. The maximum atomic E-state index is 12.2. The van der Waals surface area contributed by atoms with Gasteiger partial charge in [0.2, 0.25) is 11.1 Å². The van der Waals surface area contributed by atoms with E-state index in [0.717, 1.165) is 17.7 Å². The van der Waals surface area contributed by atoms with Crippen LogP contribution in [-0.4, -0.2) is 26.3 Å². The lowest BCUT2D eigenvalue weighted by molar-refractivity contribution is -0.120. The Morgan fingerprint density at radius 3 is 2.80 bits per heavy atom. The van der Waals surface area contributed by atoms with E-state index in [1.165, 1.54) is 17.3 Å². The van der Waals surface area contributed by atoms with Crippen LogP contribution in [0.4, 0.5) is 0 Å². The first kappa shape index (κ1) is 17.3. The number of thioether (sulfide) groups is 1. The normalized spacial score (nSPS) is 12.1. The van der Waals surface area contributed by atoms with Crippen molar-refractivity contribution < 1.29 is 9.21 Å². The molecule has 2 heterocycles. The second-order valence-corrected chi connectivity index (χ2v) is 6.88. The number of rotatable bonds is 7. The number of aromatic amines is 1. The molecule has 1 atom stereocenters. The van der Waals surface area contributed by atoms with Gasteiger partial charge < -0.3 is 9.73 Å². The third-order valence-corrected chi connectivity index (χ3v) is 4.73. The molecule has 0 aliphatic heterocycles. The van der Waals surface area contributed by atoms with Gasteiger partial charge in [-0.3, -0.25) is 9.89 Å². The van der Waals surface area contributed by atoms with E-state index in [1.54, 1.807) is 12.3 Å². The minimum Gasteiger partial charge on any atom is -0.467 e. The van der Waals surface area contributed by atoms with Crippen molar-refractivity contribution in [3.8, 4) is 11.4 Å². The van der Waals surface area contributed by atoms with Gasteiger partial charge in [-0.15, -0.1) is 5.10 Å². The fourth-order valence-electron chi connectivity index (χ4n) is 2.27. The summed E-state index contributed by atoms with van der Waals surface area (Å²) in [6, 6.07) is 11.8. The van der Waals surface area contributed by atoms with Crippen molar-refractivity contribution in [1.82, 2.24) is 20.5 Å². The summed E-state index contributed by atoms with van der Waals surface area (Å²) in [7, 11) is 0. The second-order valence-electron chi connectivity index (χ2n) is 5.57. The third-order valence-electron chi connectivity index (χ3n) is 3.77. The molecule has 0 bridgehead atoms. The summed E-state index contributed by atoms with van der Waals surface area (Å²) in [5.41, 5.74) is 2.26. The van der Waals surface area contributed by atoms with Crippen molar-refractivity contribution in [2.75, 3.05) is 0 Å². The molecule has 0 aliphatic rings. The number of amides is 1. The van der Waals surface area contributed by atoms with E-state index in [9.17, 15) is 4.79 Å². The van der Waals surface area contributed by atoms with E-state index in [4.69, 9.17) is 4.42 Å². The predicted molar refractivity (Wildman–Crippen MR) is 97.1 cm³/mol. The number of carbonyl (C=O) groups is 1. The molecule has 0 fully saturated rings. The smallest absolute Gasteiger partial charge is 0.233 e. The van der Waals surface area contributed by atoms with Crippen LogP contribution < -0.4 is 5.32 Å². The third kappa shape index (κ3) is 4.51. The molecule has 2 N–H and O–H groups in total. The van der Waals surface area contributed by atoms with Crippen LogP contribution >= 0.6 is 11.8 Å². The molecule has 2 aromatic heterocycles. The molecule has 0 radical (unpaired) electrons. The van der Waals surface area contributed by atoms with Crippen LogP contribution in [0.2, 0.25) is 0 Å². The van der Waals surface area contributed by atoms with E-state index in [2.05, 4.69) is 39.6 Å². The first-order valence-corrected chi connectivity index (χ1v) is 9.02. The molecule has 0 aliphatic carbocycles. The van der Waals surface area contributed by atoms with Gasteiger partial charge in [-0.1, -0.05) is 43.0 Å². The van der Waals surface area contributed by atoms with Gasteiger partial charge in [0.1, 0.15) is 5.76 Å². The van der Waals surface area contributed by atoms with Crippen LogP contribution in [0.1, 0.15) is 25.2 Å². The number of aromatic nitrogens is 3. The van der Waals surface area contributed by atoms with Crippen molar-refractivity contribution in [3.63, 3.8) is 0 Å². The molecule has 6 nitrogen and oxygen atoms in total. The summed E-state index contributed by atoms with van der Waals surface area (Å²) in [5.74, 6) is 1.34. The molecule has 3 aromatic rings. The van der Waals surface area contributed by atoms with E-state index in [-0.39, 0.29) is 11.2 Å².